The predicted octanol–water partition coefficient (Wildman–Crippen LogP) is 4.48. The number of aryl methyl sites for hydroxylation is 1. The fraction of sp³-hybridized carbons (Fsp3) is 0.368. The van der Waals surface area contributed by atoms with Gasteiger partial charge in [0.2, 0.25) is 0 Å². The van der Waals surface area contributed by atoms with Crippen molar-refractivity contribution in [3.05, 3.63) is 58.7 Å². The lowest BCUT2D eigenvalue weighted by Gasteiger charge is -2.25. The quantitative estimate of drug-likeness (QED) is 0.810. The molecule has 0 aromatic heterocycles. The molecule has 2 aliphatic rings. The highest BCUT2D eigenvalue weighted by atomic mass is 19.4. The van der Waals surface area contributed by atoms with Crippen molar-refractivity contribution in [1.82, 2.24) is 0 Å². The molecule has 134 valence electrons. The Bertz CT molecular complexity index is 745. The second-order valence-electron chi connectivity index (χ2n) is 5.94. The highest BCUT2D eigenvalue weighted by Gasteiger charge is 2.32. The third kappa shape index (κ3) is 3.58. The number of halogens is 3. The number of ether oxygens (including phenoxy) is 2. The number of aliphatic hydroxyl groups is 1. The van der Waals surface area contributed by atoms with Crippen LogP contribution in [0.1, 0.15) is 35.6 Å². The first kappa shape index (κ1) is 17.6. The van der Waals surface area contributed by atoms with E-state index in [0.29, 0.717) is 17.1 Å². The smallest absolute Gasteiger partial charge is 0.416 e. The minimum Gasteiger partial charge on any atom is -0.496 e. The third-order valence-electron chi connectivity index (χ3n) is 4.36. The molecular formula is C19H19F3O3. The zero-order valence-corrected chi connectivity index (χ0v) is 13.8. The molecule has 0 fully saturated rings. The third-order valence-corrected chi connectivity index (χ3v) is 4.36. The minimum absolute atomic E-state index is 0.0159. The molecule has 3 rings (SSSR count). The van der Waals surface area contributed by atoms with Crippen molar-refractivity contribution >= 4 is 5.76 Å². The number of aliphatic hydroxyl groups excluding tert-OH is 1. The first-order valence-corrected chi connectivity index (χ1v) is 8.07. The Hall–Kier alpha value is -2.21. The number of benzene rings is 1. The Morgan fingerprint density at radius 3 is 2.76 bits per heavy atom. The summed E-state index contributed by atoms with van der Waals surface area (Å²) in [6, 6.07) is 3.68. The largest absolute Gasteiger partial charge is 0.496 e. The molecule has 1 aromatic carbocycles. The normalized spacial score (nSPS) is 24.0. The van der Waals surface area contributed by atoms with Crippen molar-refractivity contribution in [3.8, 4) is 5.75 Å². The molecule has 1 atom stereocenters. The summed E-state index contributed by atoms with van der Waals surface area (Å²) in [7, 11) is 1.54. The molecule has 1 heterocycles. The number of allylic oxidation sites excluding steroid dienone is 3. The van der Waals surface area contributed by atoms with Gasteiger partial charge in [-0.1, -0.05) is 18.2 Å². The molecule has 0 bridgehead atoms. The Morgan fingerprint density at radius 1 is 1.24 bits per heavy atom. The summed E-state index contributed by atoms with van der Waals surface area (Å²) < 4.78 is 50.1. The summed E-state index contributed by atoms with van der Waals surface area (Å²) in [4.78, 5) is 0. The lowest BCUT2D eigenvalue weighted by atomic mass is 9.87. The van der Waals surface area contributed by atoms with Crippen LogP contribution in [0.2, 0.25) is 0 Å². The van der Waals surface area contributed by atoms with Gasteiger partial charge in [0.15, 0.2) is 0 Å². The van der Waals surface area contributed by atoms with Crippen LogP contribution in [0.5, 0.6) is 5.75 Å². The standard InChI is InChI=1S/C19H19F3O3/c1-24-15-6-2-4-12-7-10-16-18(17(12)15)14(23)9-8-13(19(20,21)22)5-3-11-25-16/h3,5-8,10,14,23H,2,4,9,11H2,1H3/b5-3-,13-8+. The van der Waals surface area contributed by atoms with Crippen molar-refractivity contribution in [2.75, 3.05) is 13.7 Å². The fourth-order valence-corrected chi connectivity index (χ4v) is 3.20. The van der Waals surface area contributed by atoms with Crippen LogP contribution in [0.25, 0.3) is 5.76 Å². The maximum atomic E-state index is 13.0. The summed E-state index contributed by atoms with van der Waals surface area (Å²) >= 11 is 0. The molecule has 0 saturated heterocycles. The van der Waals surface area contributed by atoms with Crippen LogP contribution < -0.4 is 4.74 Å². The summed E-state index contributed by atoms with van der Waals surface area (Å²) in [6.45, 7) is -0.0159. The van der Waals surface area contributed by atoms with Crippen molar-refractivity contribution in [2.45, 2.75) is 31.5 Å². The van der Waals surface area contributed by atoms with Gasteiger partial charge >= 0.3 is 6.18 Å². The van der Waals surface area contributed by atoms with Crippen molar-refractivity contribution in [3.63, 3.8) is 0 Å². The van der Waals surface area contributed by atoms with Crippen molar-refractivity contribution in [2.24, 2.45) is 0 Å². The van der Waals surface area contributed by atoms with E-state index in [1.807, 2.05) is 12.1 Å². The number of methoxy groups -OCH3 is 1. The number of fused-ring (bicyclic) bond motifs is 3. The molecule has 0 spiro atoms. The number of hydrogen-bond acceptors (Lipinski definition) is 3. The number of rotatable bonds is 1. The second-order valence-corrected chi connectivity index (χ2v) is 5.94. The molecule has 1 aliphatic carbocycles. The lowest BCUT2D eigenvalue weighted by Crippen LogP contribution is -2.14. The molecule has 1 aromatic rings. The monoisotopic (exact) mass is 352 g/mol. The molecule has 0 saturated carbocycles. The first-order valence-electron chi connectivity index (χ1n) is 8.07. The van der Waals surface area contributed by atoms with E-state index in [2.05, 4.69) is 0 Å². The van der Waals surface area contributed by atoms with E-state index in [1.165, 1.54) is 13.2 Å². The summed E-state index contributed by atoms with van der Waals surface area (Å²) in [6.07, 6.45) is 1.10. The van der Waals surface area contributed by atoms with Crippen LogP contribution >= 0.6 is 0 Å². The molecule has 6 heteroatoms. The van der Waals surface area contributed by atoms with E-state index in [4.69, 9.17) is 9.47 Å². The van der Waals surface area contributed by atoms with E-state index < -0.39 is 17.9 Å². The summed E-state index contributed by atoms with van der Waals surface area (Å²) in [5, 5.41) is 10.6. The Labute approximate surface area is 144 Å². The maximum absolute atomic E-state index is 13.0. The van der Waals surface area contributed by atoms with Gasteiger partial charge in [-0.2, -0.15) is 13.2 Å². The average molecular weight is 352 g/mol. The van der Waals surface area contributed by atoms with Crippen molar-refractivity contribution < 1.29 is 27.8 Å². The minimum atomic E-state index is -4.47. The fourth-order valence-electron chi connectivity index (χ4n) is 3.20. The van der Waals surface area contributed by atoms with E-state index in [9.17, 15) is 18.3 Å². The van der Waals surface area contributed by atoms with Crippen LogP contribution in [-0.2, 0) is 11.2 Å². The zero-order valence-electron chi connectivity index (χ0n) is 13.8. The van der Waals surface area contributed by atoms with Crippen molar-refractivity contribution in [1.29, 1.82) is 0 Å². The van der Waals surface area contributed by atoms with E-state index in [0.717, 1.165) is 36.1 Å². The topological polar surface area (TPSA) is 38.7 Å². The SMILES string of the molecule is COC1=CCCc2ccc3c(c21)C(O)C/C=C(C(F)(F)F)\C=C/CO3. The summed E-state index contributed by atoms with van der Waals surface area (Å²) in [5.41, 5.74) is 1.42. The predicted molar refractivity (Wildman–Crippen MR) is 88.1 cm³/mol. The maximum Gasteiger partial charge on any atom is 0.416 e. The van der Waals surface area contributed by atoms with Crippen LogP contribution in [-0.4, -0.2) is 25.0 Å². The van der Waals surface area contributed by atoms with Crippen LogP contribution in [0.15, 0.2) is 42.0 Å². The Balaban J connectivity index is 2.09. The average Bonchev–Trinajstić information content (AvgIpc) is 2.58. The van der Waals surface area contributed by atoms with Crippen LogP contribution in [0.4, 0.5) is 13.2 Å². The molecule has 1 N–H and O–H groups in total. The molecule has 1 aliphatic heterocycles. The van der Waals surface area contributed by atoms with Gasteiger partial charge in [0, 0.05) is 11.1 Å². The molecule has 0 amide bonds. The van der Waals surface area contributed by atoms with Gasteiger partial charge in [0.25, 0.3) is 0 Å². The highest BCUT2D eigenvalue weighted by Crippen LogP contribution is 2.41. The molecule has 3 nitrogen and oxygen atoms in total. The first-order chi connectivity index (χ1) is 11.9. The van der Waals surface area contributed by atoms with Gasteiger partial charge in [-0.15, -0.1) is 0 Å². The van der Waals surface area contributed by atoms with E-state index in [-0.39, 0.29) is 13.0 Å². The second kappa shape index (κ2) is 6.96. The van der Waals surface area contributed by atoms with Gasteiger partial charge in [0.05, 0.1) is 18.8 Å². The van der Waals surface area contributed by atoms with Crippen LogP contribution in [0, 0.1) is 0 Å². The Morgan fingerprint density at radius 2 is 2.04 bits per heavy atom. The Kier molecular flexibility index (Phi) is 4.90. The highest BCUT2D eigenvalue weighted by molar-refractivity contribution is 5.71. The lowest BCUT2D eigenvalue weighted by molar-refractivity contribution is -0.0886. The van der Waals surface area contributed by atoms with E-state index >= 15 is 0 Å². The van der Waals surface area contributed by atoms with Gasteiger partial charge in [-0.3, -0.25) is 0 Å². The van der Waals surface area contributed by atoms with Gasteiger partial charge in [0.1, 0.15) is 18.1 Å². The molecule has 25 heavy (non-hydrogen) atoms. The van der Waals surface area contributed by atoms with Gasteiger partial charge in [-0.05, 0) is 43.0 Å². The number of alkyl halides is 3. The van der Waals surface area contributed by atoms with Gasteiger partial charge in [-0.25, -0.2) is 0 Å². The molecular weight excluding hydrogens is 333 g/mol. The zero-order chi connectivity index (χ0) is 18.0. The molecule has 1 unspecified atom stereocenters. The van der Waals surface area contributed by atoms with Crippen LogP contribution in [0.3, 0.4) is 0 Å². The van der Waals surface area contributed by atoms with Gasteiger partial charge < -0.3 is 14.6 Å². The molecule has 0 radical (unpaired) electrons. The van der Waals surface area contributed by atoms with E-state index in [1.54, 1.807) is 6.07 Å². The summed E-state index contributed by atoms with van der Waals surface area (Å²) in [5.74, 6) is 1.08. The number of hydrogen-bond donors (Lipinski definition) is 1.